The minimum Gasteiger partial charge on any atom is -0.324 e. The van der Waals surface area contributed by atoms with Crippen molar-refractivity contribution in [1.29, 1.82) is 0 Å². The number of rotatable bonds is 4. The summed E-state index contributed by atoms with van der Waals surface area (Å²) in [7, 11) is 0. The van der Waals surface area contributed by atoms with Crippen molar-refractivity contribution in [3.63, 3.8) is 0 Å². The molecule has 3 N–H and O–H groups in total. The zero-order chi connectivity index (χ0) is 13.9. The lowest BCUT2D eigenvalue weighted by Gasteiger charge is -2.07. The lowest BCUT2D eigenvalue weighted by molar-refractivity contribution is -0.116. The number of carbonyl (C=O) groups is 1. The molecule has 3 rings (SSSR count). The predicted octanol–water partition coefficient (Wildman–Crippen LogP) is 2.54. The van der Waals surface area contributed by atoms with Gasteiger partial charge in [0.15, 0.2) is 0 Å². The second-order valence-corrected chi connectivity index (χ2v) is 5.57. The first-order valence-electron chi connectivity index (χ1n) is 6.87. The van der Waals surface area contributed by atoms with Gasteiger partial charge < -0.3 is 10.3 Å². The molecule has 1 saturated heterocycles. The quantitative estimate of drug-likeness (QED) is 0.811. The molecule has 0 saturated carbocycles. The van der Waals surface area contributed by atoms with Crippen LogP contribution in [-0.4, -0.2) is 29.0 Å². The lowest BCUT2D eigenvalue weighted by Crippen LogP contribution is -2.15. The van der Waals surface area contributed by atoms with Crippen molar-refractivity contribution in [2.45, 2.75) is 19.3 Å². The van der Waals surface area contributed by atoms with Crippen molar-refractivity contribution in [3.8, 4) is 0 Å². The molecule has 106 valence electrons. The van der Waals surface area contributed by atoms with E-state index < -0.39 is 0 Å². The van der Waals surface area contributed by atoms with Gasteiger partial charge in [0.05, 0.1) is 10.5 Å². The van der Waals surface area contributed by atoms with Gasteiger partial charge in [-0.1, -0.05) is 17.7 Å². The van der Waals surface area contributed by atoms with Gasteiger partial charge in [0.2, 0.25) is 11.9 Å². The zero-order valence-electron chi connectivity index (χ0n) is 11.1. The molecule has 1 aromatic heterocycles. The summed E-state index contributed by atoms with van der Waals surface area (Å²) < 4.78 is 0. The van der Waals surface area contributed by atoms with Crippen LogP contribution in [0.15, 0.2) is 18.2 Å². The van der Waals surface area contributed by atoms with Crippen LogP contribution >= 0.6 is 11.6 Å². The summed E-state index contributed by atoms with van der Waals surface area (Å²) in [5, 5.41) is 6.68. The van der Waals surface area contributed by atoms with E-state index in [4.69, 9.17) is 11.6 Å². The molecule has 1 amide bonds. The highest BCUT2D eigenvalue weighted by Crippen LogP contribution is 2.22. The number of aromatic nitrogens is 2. The molecule has 2 aromatic rings. The first-order chi connectivity index (χ1) is 9.72. The number of amides is 1. The third kappa shape index (κ3) is 2.94. The summed E-state index contributed by atoms with van der Waals surface area (Å²) in [5.74, 6) is 1.07. The summed E-state index contributed by atoms with van der Waals surface area (Å²) >= 11 is 6.05. The number of para-hydroxylation sites is 1. The monoisotopic (exact) mass is 292 g/mol. The molecule has 1 aliphatic heterocycles. The van der Waals surface area contributed by atoms with E-state index in [0.717, 1.165) is 31.4 Å². The minimum absolute atomic E-state index is 0.00733. The third-order valence-corrected chi connectivity index (χ3v) is 3.97. The van der Waals surface area contributed by atoms with Crippen LogP contribution in [0, 0.1) is 5.92 Å². The van der Waals surface area contributed by atoms with Gasteiger partial charge in [0, 0.05) is 6.42 Å². The van der Waals surface area contributed by atoms with E-state index >= 15 is 0 Å². The number of H-pyrrole nitrogens is 1. The SMILES string of the molecule is O=C(CCC1CCNC1)Nc1nc2c(Cl)cccc2[nH]1. The highest BCUT2D eigenvalue weighted by atomic mass is 35.5. The Labute approximate surface area is 122 Å². The molecule has 1 aliphatic rings. The van der Waals surface area contributed by atoms with E-state index in [1.807, 2.05) is 12.1 Å². The molecule has 20 heavy (non-hydrogen) atoms. The maximum atomic E-state index is 11.9. The Hall–Kier alpha value is -1.59. The second kappa shape index (κ2) is 5.81. The number of imidazole rings is 1. The third-order valence-electron chi connectivity index (χ3n) is 3.66. The van der Waals surface area contributed by atoms with E-state index in [1.54, 1.807) is 6.07 Å². The van der Waals surface area contributed by atoms with Gasteiger partial charge in [-0.3, -0.25) is 10.1 Å². The van der Waals surface area contributed by atoms with Crippen LogP contribution in [0.1, 0.15) is 19.3 Å². The van der Waals surface area contributed by atoms with Crippen molar-refractivity contribution >= 4 is 34.5 Å². The molecular formula is C14H17ClN4O. The van der Waals surface area contributed by atoms with Crippen LogP contribution in [0.2, 0.25) is 5.02 Å². The Kier molecular flexibility index (Phi) is 3.89. The molecule has 1 fully saturated rings. The molecule has 0 aliphatic carbocycles. The van der Waals surface area contributed by atoms with Gasteiger partial charge in [-0.15, -0.1) is 0 Å². The largest absolute Gasteiger partial charge is 0.324 e. The average molecular weight is 293 g/mol. The van der Waals surface area contributed by atoms with Crippen molar-refractivity contribution in [2.75, 3.05) is 18.4 Å². The summed E-state index contributed by atoms with van der Waals surface area (Å²) in [6, 6.07) is 5.51. The maximum Gasteiger partial charge on any atom is 0.226 e. The Balaban J connectivity index is 1.60. The number of fused-ring (bicyclic) bond motifs is 1. The molecule has 5 nitrogen and oxygen atoms in total. The minimum atomic E-state index is -0.00733. The van der Waals surface area contributed by atoms with Crippen molar-refractivity contribution < 1.29 is 4.79 Å². The number of hydrogen-bond donors (Lipinski definition) is 3. The van der Waals surface area contributed by atoms with Crippen LogP contribution in [-0.2, 0) is 4.79 Å². The summed E-state index contributed by atoms with van der Waals surface area (Å²) in [6.45, 7) is 2.09. The van der Waals surface area contributed by atoms with Gasteiger partial charge in [-0.05, 0) is 44.0 Å². The first-order valence-corrected chi connectivity index (χ1v) is 7.25. The fraction of sp³-hybridized carbons (Fsp3) is 0.429. The summed E-state index contributed by atoms with van der Waals surface area (Å²) in [5.41, 5.74) is 1.51. The number of benzene rings is 1. The highest BCUT2D eigenvalue weighted by molar-refractivity contribution is 6.35. The number of aromatic amines is 1. The van der Waals surface area contributed by atoms with Gasteiger partial charge in [-0.2, -0.15) is 0 Å². The van der Waals surface area contributed by atoms with Crippen LogP contribution in [0.25, 0.3) is 11.0 Å². The number of halogens is 1. The highest BCUT2D eigenvalue weighted by Gasteiger charge is 2.16. The number of hydrogen-bond acceptors (Lipinski definition) is 3. The summed E-state index contributed by atoms with van der Waals surface area (Å²) in [6.07, 6.45) is 2.60. The zero-order valence-corrected chi connectivity index (χ0v) is 11.8. The van der Waals surface area contributed by atoms with Gasteiger partial charge in [0.25, 0.3) is 0 Å². The molecule has 0 spiro atoms. The molecule has 2 heterocycles. The Bertz CT molecular complexity index is 619. The molecule has 1 unspecified atom stereocenters. The Morgan fingerprint density at radius 3 is 3.15 bits per heavy atom. The van der Waals surface area contributed by atoms with E-state index in [9.17, 15) is 4.79 Å². The molecule has 1 aromatic carbocycles. The fourth-order valence-electron chi connectivity index (χ4n) is 2.55. The molecule has 0 bridgehead atoms. The molecule has 1 atom stereocenters. The number of carbonyl (C=O) groups excluding carboxylic acids is 1. The topological polar surface area (TPSA) is 69.8 Å². The van der Waals surface area contributed by atoms with Crippen LogP contribution < -0.4 is 10.6 Å². The van der Waals surface area contributed by atoms with Gasteiger partial charge in [-0.25, -0.2) is 4.98 Å². The second-order valence-electron chi connectivity index (χ2n) is 5.17. The fourth-order valence-corrected chi connectivity index (χ4v) is 2.76. The Morgan fingerprint density at radius 2 is 2.40 bits per heavy atom. The van der Waals surface area contributed by atoms with E-state index in [0.29, 0.717) is 28.8 Å². The number of nitrogens with zero attached hydrogens (tertiary/aromatic N) is 1. The van der Waals surface area contributed by atoms with Crippen LogP contribution in [0.5, 0.6) is 0 Å². The van der Waals surface area contributed by atoms with Crippen molar-refractivity contribution in [3.05, 3.63) is 23.2 Å². The lowest BCUT2D eigenvalue weighted by atomic mass is 10.0. The van der Waals surface area contributed by atoms with Gasteiger partial charge >= 0.3 is 0 Å². The molecule has 6 heteroatoms. The van der Waals surface area contributed by atoms with Crippen molar-refractivity contribution in [2.24, 2.45) is 5.92 Å². The molecule has 0 radical (unpaired) electrons. The van der Waals surface area contributed by atoms with Gasteiger partial charge in [0.1, 0.15) is 5.52 Å². The maximum absolute atomic E-state index is 11.9. The van der Waals surface area contributed by atoms with Crippen LogP contribution in [0.3, 0.4) is 0 Å². The van der Waals surface area contributed by atoms with E-state index in [-0.39, 0.29) is 5.91 Å². The average Bonchev–Trinajstić information content (AvgIpc) is 3.05. The van der Waals surface area contributed by atoms with Crippen molar-refractivity contribution in [1.82, 2.24) is 15.3 Å². The smallest absolute Gasteiger partial charge is 0.226 e. The number of anilines is 1. The predicted molar refractivity (Wildman–Crippen MR) is 79.9 cm³/mol. The Morgan fingerprint density at radius 1 is 1.50 bits per heavy atom. The normalized spacial score (nSPS) is 18.6. The molecular weight excluding hydrogens is 276 g/mol. The van der Waals surface area contributed by atoms with E-state index in [2.05, 4.69) is 20.6 Å². The first kappa shape index (κ1) is 13.4. The van der Waals surface area contributed by atoms with E-state index in [1.165, 1.54) is 0 Å². The summed E-state index contributed by atoms with van der Waals surface area (Å²) in [4.78, 5) is 19.3. The van der Waals surface area contributed by atoms with Crippen LogP contribution in [0.4, 0.5) is 5.95 Å². The number of nitrogens with one attached hydrogen (secondary N) is 3. The standard InChI is InChI=1S/C14H17ClN4O/c15-10-2-1-3-11-13(10)19-14(17-11)18-12(20)5-4-9-6-7-16-8-9/h1-3,9,16H,4-8H2,(H2,17,18,19,20).